The predicted octanol–water partition coefficient (Wildman–Crippen LogP) is 4.12. The van der Waals surface area contributed by atoms with Crippen molar-refractivity contribution in [1.82, 2.24) is 5.32 Å². The minimum Gasteiger partial charge on any atom is -0.353 e. The highest BCUT2D eigenvalue weighted by Crippen LogP contribution is 2.29. The van der Waals surface area contributed by atoms with Crippen LogP contribution in [0.25, 0.3) is 0 Å². The van der Waals surface area contributed by atoms with E-state index in [1.165, 1.54) is 18.6 Å². The molecule has 1 aromatic carbocycles. The number of ketones is 1. The standard InChI is InChI=1S/C17H20F3NO2/c18-17(19,20)13-6-4-5-12(11-13)15(22)9-10-16(23)21-14-7-2-1-3-8-14/h4-6,11,14H,1-3,7-10H2,(H,21,23). The third-order valence-electron chi connectivity index (χ3n) is 4.06. The smallest absolute Gasteiger partial charge is 0.353 e. The molecule has 1 aromatic rings. The van der Waals surface area contributed by atoms with E-state index in [0.717, 1.165) is 37.8 Å². The number of amides is 1. The molecule has 0 aliphatic heterocycles. The van der Waals surface area contributed by atoms with Crippen molar-refractivity contribution in [3.8, 4) is 0 Å². The quantitative estimate of drug-likeness (QED) is 0.827. The average Bonchev–Trinajstić information content (AvgIpc) is 2.53. The summed E-state index contributed by atoms with van der Waals surface area (Å²) in [5.41, 5.74) is -0.861. The first kappa shape index (κ1) is 17.5. The van der Waals surface area contributed by atoms with E-state index in [1.54, 1.807) is 0 Å². The van der Waals surface area contributed by atoms with Crippen LogP contribution >= 0.6 is 0 Å². The lowest BCUT2D eigenvalue weighted by molar-refractivity contribution is -0.137. The normalized spacial score (nSPS) is 16.1. The van der Waals surface area contributed by atoms with Gasteiger partial charge in [-0.15, -0.1) is 0 Å². The number of nitrogens with one attached hydrogen (secondary N) is 1. The van der Waals surface area contributed by atoms with Crippen LogP contribution in [-0.4, -0.2) is 17.7 Å². The predicted molar refractivity (Wildman–Crippen MR) is 80.0 cm³/mol. The zero-order valence-electron chi connectivity index (χ0n) is 12.8. The Morgan fingerprint density at radius 3 is 2.43 bits per heavy atom. The Kier molecular flexibility index (Phi) is 5.80. The molecule has 1 amide bonds. The zero-order chi connectivity index (χ0) is 16.9. The number of alkyl halides is 3. The van der Waals surface area contributed by atoms with Crippen molar-refractivity contribution in [2.24, 2.45) is 0 Å². The second kappa shape index (κ2) is 7.62. The fraction of sp³-hybridized carbons (Fsp3) is 0.529. The molecule has 1 N–H and O–H groups in total. The second-order valence-corrected chi connectivity index (χ2v) is 5.90. The van der Waals surface area contributed by atoms with Gasteiger partial charge in [-0.25, -0.2) is 0 Å². The maximum atomic E-state index is 12.6. The van der Waals surface area contributed by atoms with E-state index < -0.39 is 17.5 Å². The van der Waals surface area contributed by atoms with E-state index in [0.29, 0.717) is 0 Å². The van der Waals surface area contributed by atoms with Gasteiger partial charge < -0.3 is 5.32 Å². The first-order chi connectivity index (χ1) is 10.9. The summed E-state index contributed by atoms with van der Waals surface area (Å²) in [5.74, 6) is -0.660. The van der Waals surface area contributed by atoms with Gasteiger partial charge in [-0.3, -0.25) is 9.59 Å². The number of hydrogen-bond acceptors (Lipinski definition) is 2. The lowest BCUT2D eigenvalue weighted by Gasteiger charge is -2.22. The lowest BCUT2D eigenvalue weighted by Crippen LogP contribution is -2.36. The van der Waals surface area contributed by atoms with E-state index >= 15 is 0 Å². The minimum absolute atomic E-state index is 0.00553. The molecule has 0 unspecified atom stereocenters. The van der Waals surface area contributed by atoms with Crippen molar-refractivity contribution < 1.29 is 22.8 Å². The lowest BCUT2D eigenvalue weighted by atomic mass is 9.95. The largest absolute Gasteiger partial charge is 0.416 e. The summed E-state index contributed by atoms with van der Waals surface area (Å²) in [4.78, 5) is 23.8. The number of halogens is 3. The third-order valence-corrected chi connectivity index (χ3v) is 4.06. The first-order valence-electron chi connectivity index (χ1n) is 7.86. The fourth-order valence-corrected chi connectivity index (χ4v) is 2.79. The van der Waals surface area contributed by atoms with Crippen molar-refractivity contribution in [1.29, 1.82) is 0 Å². The highest BCUT2D eigenvalue weighted by atomic mass is 19.4. The summed E-state index contributed by atoms with van der Waals surface area (Å²) < 4.78 is 37.9. The van der Waals surface area contributed by atoms with Crippen molar-refractivity contribution in [3.63, 3.8) is 0 Å². The van der Waals surface area contributed by atoms with E-state index in [2.05, 4.69) is 5.32 Å². The Bertz CT molecular complexity index is 563. The van der Waals surface area contributed by atoms with Crippen LogP contribution in [0.3, 0.4) is 0 Å². The Balaban J connectivity index is 1.85. The minimum atomic E-state index is -4.48. The van der Waals surface area contributed by atoms with Gasteiger partial charge in [0.05, 0.1) is 5.56 Å². The Morgan fingerprint density at radius 1 is 1.09 bits per heavy atom. The molecule has 1 fully saturated rings. The highest BCUT2D eigenvalue weighted by Gasteiger charge is 2.30. The van der Waals surface area contributed by atoms with E-state index in [4.69, 9.17) is 0 Å². The monoisotopic (exact) mass is 327 g/mol. The summed E-state index contributed by atoms with van der Waals surface area (Å²) in [5, 5.41) is 2.89. The van der Waals surface area contributed by atoms with Crippen molar-refractivity contribution in [2.45, 2.75) is 57.2 Å². The van der Waals surface area contributed by atoms with Crippen molar-refractivity contribution >= 4 is 11.7 Å². The summed E-state index contributed by atoms with van der Waals surface area (Å²) in [6.45, 7) is 0. The van der Waals surface area contributed by atoms with Crippen LogP contribution in [-0.2, 0) is 11.0 Å². The van der Waals surface area contributed by atoms with Crippen LogP contribution in [0.2, 0.25) is 0 Å². The highest BCUT2D eigenvalue weighted by molar-refractivity contribution is 5.98. The number of carbonyl (C=O) groups is 2. The molecule has 0 radical (unpaired) electrons. The maximum absolute atomic E-state index is 12.6. The summed E-state index contributed by atoms with van der Waals surface area (Å²) >= 11 is 0. The zero-order valence-corrected chi connectivity index (χ0v) is 12.8. The van der Waals surface area contributed by atoms with E-state index in [1.807, 2.05) is 0 Å². The molecular weight excluding hydrogens is 307 g/mol. The topological polar surface area (TPSA) is 46.2 Å². The van der Waals surface area contributed by atoms with Crippen LogP contribution in [0.5, 0.6) is 0 Å². The van der Waals surface area contributed by atoms with Gasteiger partial charge in [0, 0.05) is 24.4 Å². The van der Waals surface area contributed by atoms with Gasteiger partial charge >= 0.3 is 6.18 Å². The molecule has 1 aliphatic carbocycles. The number of benzene rings is 1. The third kappa shape index (κ3) is 5.37. The molecule has 0 atom stereocenters. The molecule has 0 spiro atoms. The number of Topliss-reactive ketones (excluding diaryl/α,β-unsaturated/α-hetero) is 1. The van der Waals surface area contributed by atoms with Gasteiger partial charge in [-0.05, 0) is 25.0 Å². The Labute approximate surface area is 133 Å². The first-order valence-corrected chi connectivity index (χ1v) is 7.86. The maximum Gasteiger partial charge on any atom is 0.416 e. The van der Waals surface area contributed by atoms with Gasteiger partial charge in [0.25, 0.3) is 0 Å². The molecule has 1 aliphatic rings. The van der Waals surface area contributed by atoms with Crippen LogP contribution in [0.1, 0.15) is 60.9 Å². The van der Waals surface area contributed by atoms with Gasteiger partial charge in [0.2, 0.25) is 5.91 Å². The molecule has 0 saturated heterocycles. The van der Waals surface area contributed by atoms with Crippen LogP contribution in [0.15, 0.2) is 24.3 Å². The number of carbonyl (C=O) groups excluding carboxylic acids is 2. The number of hydrogen-bond donors (Lipinski definition) is 1. The Morgan fingerprint density at radius 2 is 1.78 bits per heavy atom. The van der Waals surface area contributed by atoms with Crippen molar-refractivity contribution in [3.05, 3.63) is 35.4 Å². The van der Waals surface area contributed by atoms with Crippen LogP contribution in [0.4, 0.5) is 13.2 Å². The molecule has 3 nitrogen and oxygen atoms in total. The summed E-state index contributed by atoms with van der Waals surface area (Å²) in [6.07, 6.45) is 0.712. The molecule has 1 saturated carbocycles. The molecule has 0 heterocycles. The van der Waals surface area contributed by atoms with Gasteiger partial charge in [-0.2, -0.15) is 13.2 Å². The number of rotatable bonds is 5. The molecule has 0 aromatic heterocycles. The molecule has 23 heavy (non-hydrogen) atoms. The molecule has 6 heteroatoms. The van der Waals surface area contributed by atoms with Crippen LogP contribution in [0, 0.1) is 0 Å². The van der Waals surface area contributed by atoms with E-state index in [-0.39, 0.29) is 30.4 Å². The van der Waals surface area contributed by atoms with Crippen molar-refractivity contribution in [2.75, 3.05) is 0 Å². The fourth-order valence-electron chi connectivity index (χ4n) is 2.79. The second-order valence-electron chi connectivity index (χ2n) is 5.90. The molecular formula is C17H20F3NO2. The molecule has 2 rings (SSSR count). The Hall–Kier alpha value is -1.85. The average molecular weight is 327 g/mol. The van der Waals surface area contributed by atoms with Crippen LogP contribution < -0.4 is 5.32 Å². The van der Waals surface area contributed by atoms with Gasteiger partial charge in [0.15, 0.2) is 5.78 Å². The summed E-state index contributed by atoms with van der Waals surface area (Å²) in [7, 11) is 0. The molecule has 0 bridgehead atoms. The SMILES string of the molecule is O=C(CCC(=O)c1cccc(C(F)(F)F)c1)NC1CCCCC1. The summed E-state index contributed by atoms with van der Waals surface area (Å²) in [6, 6.07) is 4.47. The van der Waals surface area contributed by atoms with Gasteiger partial charge in [0.1, 0.15) is 0 Å². The van der Waals surface area contributed by atoms with E-state index in [9.17, 15) is 22.8 Å². The molecule has 126 valence electrons. The van der Waals surface area contributed by atoms with Gasteiger partial charge in [-0.1, -0.05) is 31.4 Å².